The summed E-state index contributed by atoms with van der Waals surface area (Å²) in [7, 11) is 0. The Morgan fingerprint density at radius 2 is 2.27 bits per heavy atom. The van der Waals surface area contributed by atoms with E-state index in [4.69, 9.17) is 4.74 Å². The van der Waals surface area contributed by atoms with Crippen LogP contribution in [0.2, 0.25) is 0 Å². The van der Waals surface area contributed by atoms with Gasteiger partial charge >= 0.3 is 0 Å². The molecule has 0 amide bonds. The lowest BCUT2D eigenvalue weighted by Gasteiger charge is -2.11. The van der Waals surface area contributed by atoms with Crippen LogP contribution in [-0.4, -0.2) is 13.2 Å². The van der Waals surface area contributed by atoms with Crippen LogP contribution in [-0.2, 0) is 6.42 Å². The van der Waals surface area contributed by atoms with E-state index in [1.54, 1.807) is 0 Å². The van der Waals surface area contributed by atoms with Gasteiger partial charge in [0.25, 0.3) is 0 Å². The van der Waals surface area contributed by atoms with Gasteiger partial charge in [0.1, 0.15) is 5.75 Å². The molecule has 0 radical (unpaired) electrons. The van der Waals surface area contributed by atoms with Gasteiger partial charge < -0.3 is 10.1 Å². The van der Waals surface area contributed by atoms with Gasteiger partial charge in [-0.15, -0.1) is 12.4 Å². The molecule has 0 spiro atoms. The minimum absolute atomic E-state index is 0. The first-order valence-electron chi connectivity index (χ1n) is 5.42. The second-order valence-electron chi connectivity index (χ2n) is 4.11. The Morgan fingerprint density at radius 3 is 3.07 bits per heavy atom. The predicted molar refractivity (Wildman–Crippen MR) is 62.9 cm³/mol. The summed E-state index contributed by atoms with van der Waals surface area (Å²) in [4.78, 5) is 0. The first-order chi connectivity index (χ1) is 6.93. The molecule has 15 heavy (non-hydrogen) atoms. The van der Waals surface area contributed by atoms with Crippen molar-refractivity contribution in [3.05, 3.63) is 29.3 Å². The van der Waals surface area contributed by atoms with Crippen LogP contribution in [0.3, 0.4) is 0 Å². The number of rotatable bonds is 1. The Kier molecular flexibility index (Phi) is 3.17. The zero-order valence-corrected chi connectivity index (χ0v) is 9.48. The van der Waals surface area contributed by atoms with Crippen molar-refractivity contribution in [3.63, 3.8) is 0 Å². The third kappa shape index (κ3) is 1.97. The minimum atomic E-state index is 0. The number of hydrogen-bond donors (Lipinski definition) is 1. The predicted octanol–water partition coefficient (Wildman–Crippen LogP) is 2.47. The smallest absolute Gasteiger partial charge is 0.122 e. The molecule has 0 aromatic heterocycles. The molecule has 2 aliphatic heterocycles. The summed E-state index contributed by atoms with van der Waals surface area (Å²) in [5.41, 5.74) is 2.82. The molecule has 0 unspecified atom stereocenters. The Hall–Kier alpha value is -0.730. The first kappa shape index (κ1) is 10.8. The molecular formula is C12H16ClNO. The molecule has 2 aliphatic rings. The number of ether oxygens (including phenoxy) is 1. The van der Waals surface area contributed by atoms with Crippen LogP contribution in [0.25, 0.3) is 0 Å². The standard InChI is InChI=1S/C12H15NO.ClH/c1-2-11(13-6-1)9-3-4-12-10(8-9)5-7-14-12;/h3-4,8,11,13H,1-2,5-7H2;1H/t11-;/m0./s1. The summed E-state index contributed by atoms with van der Waals surface area (Å²) in [6, 6.07) is 7.22. The number of halogens is 1. The third-order valence-corrected chi connectivity index (χ3v) is 3.18. The monoisotopic (exact) mass is 225 g/mol. The summed E-state index contributed by atoms with van der Waals surface area (Å²) in [6.45, 7) is 2.02. The zero-order valence-electron chi connectivity index (χ0n) is 8.66. The van der Waals surface area contributed by atoms with Crippen molar-refractivity contribution in [2.75, 3.05) is 13.2 Å². The Labute approximate surface area is 96.4 Å². The van der Waals surface area contributed by atoms with Crippen molar-refractivity contribution in [3.8, 4) is 5.75 Å². The summed E-state index contributed by atoms with van der Waals surface area (Å²) < 4.78 is 5.50. The highest BCUT2D eigenvalue weighted by molar-refractivity contribution is 5.85. The lowest BCUT2D eigenvalue weighted by Crippen LogP contribution is -2.12. The molecule has 1 N–H and O–H groups in total. The fourth-order valence-corrected chi connectivity index (χ4v) is 2.39. The summed E-state index contributed by atoms with van der Waals surface area (Å²) in [5, 5.41) is 3.52. The molecule has 0 saturated carbocycles. The second-order valence-corrected chi connectivity index (χ2v) is 4.11. The van der Waals surface area contributed by atoms with E-state index in [9.17, 15) is 0 Å². The molecule has 3 rings (SSSR count). The molecule has 1 saturated heterocycles. The molecule has 1 fully saturated rings. The van der Waals surface area contributed by atoms with Crippen LogP contribution >= 0.6 is 12.4 Å². The van der Waals surface area contributed by atoms with Crippen LogP contribution in [0.5, 0.6) is 5.75 Å². The number of benzene rings is 1. The SMILES string of the molecule is Cl.c1cc2c(cc1[C@@H]1CCCN1)CCO2. The fourth-order valence-electron chi connectivity index (χ4n) is 2.39. The van der Waals surface area contributed by atoms with Crippen molar-refractivity contribution >= 4 is 12.4 Å². The van der Waals surface area contributed by atoms with Crippen LogP contribution in [0.1, 0.15) is 30.0 Å². The number of fused-ring (bicyclic) bond motifs is 1. The molecule has 1 aromatic carbocycles. The number of nitrogens with one attached hydrogen (secondary N) is 1. The summed E-state index contributed by atoms with van der Waals surface area (Å²) >= 11 is 0. The third-order valence-electron chi connectivity index (χ3n) is 3.18. The lowest BCUT2D eigenvalue weighted by atomic mass is 10.0. The van der Waals surface area contributed by atoms with Crippen LogP contribution < -0.4 is 10.1 Å². The molecule has 3 heteroatoms. The van der Waals surface area contributed by atoms with Crippen LogP contribution in [0.4, 0.5) is 0 Å². The Balaban J connectivity index is 0.000000853. The van der Waals surface area contributed by atoms with Gasteiger partial charge in [0.05, 0.1) is 6.61 Å². The van der Waals surface area contributed by atoms with E-state index in [0.717, 1.165) is 25.3 Å². The van der Waals surface area contributed by atoms with Crippen LogP contribution in [0.15, 0.2) is 18.2 Å². The van der Waals surface area contributed by atoms with Gasteiger partial charge in [-0.05, 0) is 36.6 Å². The topological polar surface area (TPSA) is 21.3 Å². The first-order valence-corrected chi connectivity index (χ1v) is 5.42. The van der Waals surface area contributed by atoms with E-state index in [0.29, 0.717) is 6.04 Å². The molecular weight excluding hydrogens is 210 g/mol. The highest BCUT2D eigenvalue weighted by Crippen LogP contribution is 2.30. The van der Waals surface area contributed by atoms with Gasteiger partial charge in [-0.3, -0.25) is 0 Å². The van der Waals surface area contributed by atoms with Crippen molar-refractivity contribution in [2.45, 2.75) is 25.3 Å². The summed E-state index contributed by atoms with van der Waals surface area (Å²) in [6.07, 6.45) is 3.66. The minimum Gasteiger partial charge on any atom is -0.493 e. The van der Waals surface area contributed by atoms with Crippen molar-refractivity contribution in [2.24, 2.45) is 0 Å². The molecule has 0 bridgehead atoms. The Bertz CT molecular complexity index is 347. The summed E-state index contributed by atoms with van der Waals surface area (Å²) in [5.74, 6) is 1.09. The van der Waals surface area contributed by atoms with E-state index in [2.05, 4.69) is 23.5 Å². The molecule has 0 aliphatic carbocycles. The fraction of sp³-hybridized carbons (Fsp3) is 0.500. The van der Waals surface area contributed by atoms with E-state index in [1.165, 1.54) is 24.0 Å². The van der Waals surface area contributed by atoms with Gasteiger partial charge in [-0.2, -0.15) is 0 Å². The largest absolute Gasteiger partial charge is 0.493 e. The van der Waals surface area contributed by atoms with Crippen molar-refractivity contribution in [1.29, 1.82) is 0 Å². The zero-order chi connectivity index (χ0) is 9.38. The maximum Gasteiger partial charge on any atom is 0.122 e. The maximum atomic E-state index is 5.50. The average Bonchev–Trinajstić information content (AvgIpc) is 2.88. The number of hydrogen-bond acceptors (Lipinski definition) is 2. The van der Waals surface area contributed by atoms with E-state index < -0.39 is 0 Å². The average molecular weight is 226 g/mol. The quantitative estimate of drug-likeness (QED) is 0.793. The van der Waals surface area contributed by atoms with Gasteiger partial charge in [0, 0.05) is 12.5 Å². The van der Waals surface area contributed by atoms with Gasteiger partial charge in [0.15, 0.2) is 0 Å². The highest BCUT2D eigenvalue weighted by atomic mass is 35.5. The molecule has 1 aromatic rings. The molecule has 1 atom stereocenters. The van der Waals surface area contributed by atoms with Gasteiger partial charge in [-0.1, -0.05) is 12.1 Å². The van der Waals surface area contributed by atoms with E-state index in [-0.39, 0.29) is 12.4 Å². The maximum absolute atomic E-state index is 5.50. The molecule has 2 heterocycles. The Morgan fingerprint density at radius 1 is 1.33 bits per heavy atom. The van der Waals surface area contributed by atoms with E-state index >= 15 is 0 Å². The highest BCUT2D eigenvalue weighted by Gasteiger charge is 2.19. The molecule has 82 valence electrons. The van der Waals surface area contributed by atoms with Crippen LogP contribution in [0, 0.1) is 0 Å². The lowest BCUT2D eigenvalue weighted by molar-refractivity contribution is 0.357. The van der Waals surface area contributed by atoms with Gasteiger partial charge in [0.2, 0.25) is 0 Å². The van der Waals surface area contributed by atoms with Crippen molar-refractivity contribution in [1.82, 2.24) is 5.32 Å². The second kappa shape index (κ2) is 4.42. The normalized spacial score (nSPS) is 23.1. The van der Waals surface area contributed by atoms with E-state index in [1.807, 2.05) is 0 Å². The molecule has 2 nitrogen and oxygen atoms in total. The van der Waals surface area contributed by atoms with Crippen molar-refractivity contribution < 1.29 is 4.74 Å². The van der Waals surface area contributed by atoms with Gasteiger partial charge in [-0.25, -0.2) is 0 Å².